The van der Waals surface area contributed by atoms with E-state index in [4.69, 9.17) is 0 Å². The number of aromatic amines is 1. The molecule has 1 aliphatic heterocycles. The smallest absolute Gasteiger partial charge is 0.222 e. The number of rotatable bonds is 5. The Labute approximate surface area is 137 Å². The number of benzene rings is 1. The van der Waals surface area contributed by atoms with Gasteiger partial charge in [0.05, 0.1) is 0 Å². The van der Waals surface area contributed by atoms with Gasteiger partial charge in [0.25, 0.3) is 0 Å². The first-order valence-corrected chi connectivity index (χ1v) is 8.88. The van der Waals surface area contributed by atoms with Crippen LogP contribution in [-0.2, 0) is 11.2 Å². The summed E-state index contributed by atoms with van der Waals surface area (Å²) in [5, 5.41) is 1.29. The number of nitrogens with zero attached hydrogens (tertiary/aromatic N) is 2. The van der Waals surface area contributed by atoms with Crippen molar-refractivity contribution in [1.29, 1.82) is 0 Å². The van der Waals surface area contributed by atoms with Gasteiger partial charge in [-0.15, -0.1) is 0 Å². The number of para-hydroxylation sites is 1. The lowest BCUT2D eigenvalue weighted by molar-refractivity contribution is -0.133. The van der Waals surface area contributed by atoms with Crippen LogP contribution in [0, 0.1) is 0 Å². The van der Waals surface area contributed by atoms with E-state index < -0.39 is 0 Å². The molecule has 2 aliphatic rings. The highest BCUT2D eigenvalue weighted by atomic mass is 16.2. The molecule has 1 aromatic carbocycles. The minimum Gasteiger partial charge on any atom is -0.361 e. The van der Waals surface area contributed by atoms with Gasteiger partial charge < -0.3 is 9.88 Å². The maximum absolute atomic E-state index is 12.4. The van der Waals surface area contributed by atoms with E-state index >= 15 is 0 Å². The highest BCUT2D eigenvalue weighted by Crippen LogP contribution is 2.27. The number of nitrogens with one attached hydrogen (secondary N) is 1. The fourth-order valence-electron chi connectivity index (χ4n) is 3.70. The van der Waals surface area contributed by atoms with Gasteiger partial charge in [-0.2, -0.15) is 0 Å². The van der Waals surface area contributed by atoms with Crippen LogP contribution < -0.4 is 0 Å². The van der Waals surface area contributed by atoms with Crippen molar-refractivity contribution in [2.24, 2.45) is 0 Å². The van der Waals surface area contributed by atoms with Crippen LogP contribution in [0.2, 0.25) is 0 Å². The van der Waals surface area contributed by atoms with Crippen LogP contribution in [-0.4, -0.2) is 52.9 Å². The summed E-state index contributed by atoms with van der Waals surface area (Å²) in [6, 6.07) is 9.20. The molecule has 1 aliphatic carbocycles. The second-order valence-corrected chi connectivity index (χ2v) is 6.86. The number of aryl methyl sites for hydroxylation is 1. The fourth-order valence-corrected chi connectivity index (χ4v) is 3.70. The van der Waals surface area contributed by atoms with Crippen LogP contribution in [0.4, 0.5) is 0 Å². The average molecular weight is 311 g/mol. The third-order valence-corrected chi connectivity index (χ3v) is 5.24. The van der Waals surface area contributed by atoms with E-state index in [1.54, 1.807) is 0 Å². The molecule has 1 amide bonds. The number of fused-ring (bicyclic) bond motifs is 1. The third kappa shape index (κ3) is 3.27. The van der Waals surface area contributed by atoms with Crippen molar-refractivity contribution in [3.63, 3.8) is 0 Å². The Morgan fingerprint density at radius 1 is 1.13 bits per heavy atom. The van der Waals surface area contributed by atoms with E-state index in [2.05, 4.69) is 39.2 Å². The molecule has 122 valence electrons. The Kier molecular flexibility index (Phi) is 4.08. The highest BCUT2D eigenvalue weighted by molar-refractivity contribution is 5.83. The number of piperazine rings is 1. The van der Waals surface area contributed by atoms with Crippen molar-refractivity contribution < 1.29 is 4.79 Å². The van der Waals surface area contributed by atoms with E-state index in [-0.39, 0.29) is 0 Å². The molecule has 2 aromatic rings. The fraction of sp³-hybridized carbons (Fsp3) is 0.526. The molecule has 4 heteroatoms. The Morgan fingerprint density at radius 2 is 1.91 bits per heavy atom. The number of amides is 1. The standard InChI is InChI=1S/C19H25N3O/c23-19(22-12-10-21(11-13-22)16-8-9-16)7-3-4-15-14-20-18-6-2-1-5-17(15)18/h1-2,5-6,14,16,20H,3-4,7-13H2. The molecule has 4 nitrogen and oxygen atoms in total. The van der Waals surface area contributed by atoms with Gasteiger partial charge in [-0.3, -0.25) is 9.69 Å². The van der Waals surface area contributed by atoms with Crippen molar-refractivity contribution in [3.05, 3.63) is 36.0 Å². The summed E-state index contributed by atoms with van der Waals surface area (Å²) in [7, 11) is 0. The first-order valence-electron chi connectivity index (χ1n) is 8.88. The summed E-state index contributed by atoms with van der Waals surface area (Å²) in [5.41, 5.74) is 2.51. The molecule has 0 radical (unpaired) electrons. The van der Waals surface area contributed by atoms with Crippen molar-refractivity contribution in [2.75, 3.05) is 26.2 Å². The SMILES string of the molecule is O=C(CCCc1c[nH]c2ccccc12)N1CCN(C2CC2)CC1. The lowest BCUT2D eigenvalue weighted by Gasteiger charge is -2.34. The van der Waals surface area contributed by atoms with Gasteiger partial charge >= 0.3 is 0 Å². The van der Waals surface area contributed by atoms with Crippen LogP contribution >= 0.6 is 0 Å². The van der Waals surface area contributed by atoms with Crippen molar-refractivity contribution in [3.8, 4) is 0 Å². The molecule has 2 fully saturated rings. The minimum absolute atomic E-state index is 0.334. The van der Waals surface area contributed by atoms with Crippen LogP contribution in [0.1, 0.15) is 31.2 Å². The summed E-state index contributed by atoms with van der Waals surface area (Å²) < 4.78 is 0. The molecule has 0 bridgehead atoms. The van der Waals surface area contributed by atoms with Crippen LogP contribution in [0.5, 0.6) is 0 Å². The van der Waals surface area contributed by atoms with E-state index in [1.165, 1.54) is 29.3 Å². The molecule has 2 heterocycles. The molecule has 1 aromatic heterocycles. The largest absolute Gasteiger partial charge is 0.361 e. The van der Waals surface area contributed by atoms with Gasteiger partial charge in [0, 0.05) is 55.7 Å². The Hall–Kier alpha value is -1.81. The lowest BCUT2D eigenvalue weighted by atomic mass is 10.1. The molecule has 0 spiro atoms. The molecule has 0 atom stereocenters. The molecule has 4 rings (SSSR count). The van der Waals surface area contributed by atoms with Gasteiger partial charge in [0.2, 0.25) is 5.91 Å². The summed E-state index contributed by atoms with van der Waals surface area (Å²) in [6.07, 6.45) is 7.38. The topological polar surface area (TPSA) is 39.3 Å². The maximum atomic E-state index is 12.4. The molecule has 1 N–H and O–H groups in total. The van der Waals surface area contributed by atoms with Gasteiger partial charge in [0.15, 0.2) is 0 Å². The summed E-state index contributed by atoms with van der Waals surface area (Å²) >= 11 is 0. The lowest BCUT2D eigenvalue weighted by Crippen LogP contribution is -2.49. The summed E-state index contributed by atoms with van der Waals surface area (Å²) in [5.74, 6) is 0.334. The van der Waals surface area contributed by atoms with E-state index in [0.717, 1.165) is 45.1 Å². The third-order valence-electron chi connectivity index (χ3n) is 5.24. The van der Waals surface area contributed by atoms with Crippen molar-refractivity contribution in [1.82, 2.24) is 14.8 Å². The maximum Gasteiger partial charge on any atom is 0.222 e. The van der Waals surface area contributed by atoms with Crippen LogP contribution in [0.15, 0.2) is 30.5 Å². The van der Waals surface area contributed by atoms with E-state index in [1.807, 2.05) is 6.07 Å². The number of H-pyrrole nitrogens is 1. The molecule has 23 heavy (non-hydrogen) atoms. The molecule has 1 saturated carbocycles. The predicted octanol–water partition coefficient (Wildman–Crippen LogP) is 2.80. The van der Waals surface area contributed by atoms with Gasteiger partial charge in [-0.1, -0.05) is 18.2 Å². The van der Waals surface area contributed by atoms with Gasteiger partial charge in [-0.25, -0.2) is 0 Å². The Morgan fingerprint density at radius 3 is 2.70 bits per heavy atom. The number of hydrogen-bond acceptors (Lipinski definition) is 2. The second-order valence-electron chi connectivity index (χ2n) is 6.86. The predicted molar refractivity (Wildman–Crippen MR) is 92.4 cm³/mol. The molecular formula is C19H25N3O. The minimum atomic E-state index is 0.334. The van der Waals surface area contributed by atoms with Crippen LogP contribution in [0.25, 0.3) is 10.9 Å². The van der Waals surface area contributed by atoms with Gasteiger partial charge in [-0.05, 0) is 37.3 Å². The highest BCUT2D eigenvalue weighted by Gasteiger charge is 2.31. The number of carbonyl (C=O) groups excluding carboxylic acids is 1. The first-order chi connectivity index (χ1) is 11.3. The zero-order chi connectivity index (χ0) is 15.6. The second kappa shape index (κ2) is 6.36. The van der Waals surface area contributed by atoms with Crippen molar-refractivity contribution >= 4 is 16.8 Å². The molecular weight excluding hydrogens is 286 g/mol. The number of carbonyl (C=O) groups is 1. The summed E-state index contributed by atoms with van der Waals surface area (Å²) in [4.78, 5) is 20.3. The van der Waals surface area contributed by atoms with E-state index in [9.17, 15) is 4.79 Å². The summed E-state index contributed by atoms with van der Waals surface area (Å²) in [6.45, 7) is 3.97. The Balaban J connectivity index is 1.25. The zero-order valence-electron chi connectivity index (χ0n) is 13.6. The number of hydrogen-bond donors (Lipinski definition) is 1. The Bertz CT molecular complexity index is 681. The van der Waals surface area contributed by atoms with Gasteiger partial charge in [0.1, 0.15) is 0 Å². The monoisotopic (exact) mass is 311 g/mol. The van der Waals surface area contributed by atoms with Crippen LogP contribution in [0.3, 0.4) is 0 Å². The van der Waals surface area contributed by atoms with Crippen molar-refractivity contribution in [2.45, 2.75) is 38.1 Å². The van der Waals surface area contributed by atoms with E-state index in [0.29, 0.717) is 12.3 Å². The first kappa shape index (κ1) is 14.8. The normalized spacial score (nSPS) is 19.4. The zero-order valence-corrected chi connectivity index (χ0v) is 13.6. The number of aromatic nitrogens is 1. The average Bonchev–Trinajstić information content (AvgIpc) is 3.37. The molecule has 0 unspecified atom stereocenters. The quantitative estimate of drug-likeness (QED) is 0.922. The molecule has 1 saturated heterocycles.